The van der Waals surface area contributed by atoms with Gasteiger partial charge in [0.2, 0.25) is 0 Å². The van der Waals surface area contributed by atoms with Crippen molar-refractivity contribution >= 4 is 16.6 Å². The van der Waals surface area contributed by atoms with Gasteiger partial charge in [-0.1, -0.05) is 0 Å². The highest BCUT2D eigenvalue weighted by Gasteiger charge is 2.05. The molecular weight excluding hydrogens is 250 g/mol. The molecule has 0 unspecified atom stereocenters. The van der Waals surface area contributed by atoms with E-state index in [0.717, 1.165) is 23.1 Å². The van der Waals surface area contributed by atoms with Crippen molar-refractivity contribution < 1.29 is 4.74 Å². The molecule has 0 spiro atoms. The second-order valence-electron chi connectivity index (χ2n) is 4.51. The number of aromatic nitrogens is 2. The lowest BCUT2D eigenvalue weighted by Gasteiger charge is -2.10. The zero-order valence-corrected chi connectivity index (χ0v) is 11.0. The van der Waals surface area contributed by atoms with Crippen molar-refractivity contribution in [1.29, 1.82) is 0 Å². The van der Waals surface area contributed by atoms with Gasteiger partial charge in [0.15, 0.2) is 0 Å². The van der Waals surface area contributed by atoms with Gasteiger partial charge in [0.05, 0.1) is 17.8 Å². The number of pyridine rings is 2. The van der Waals surface area contributed by atoms with E-state index in [0.29, 0.717) is 12.3 Å². The molecule has 0 aliphatic heterocycles. The average Bonchev–Trinajstić information content (AvgIpc) is 2.51. The molecule has 0 aliphatic carbocycles. The fourth-order valence-corrected chi connectivity index (χ4v) is 2.12. The maximum absolute atomic E-state index is 5.92. The number of ether oxygens (including phenoxy) is 1. The minimum atomic E-state index is 0.609. The molecule has 3 aromatic rings. The molecule has 0 saturated carbocycles. The van der Waals surface area contributed by atoms with Crippen molar-refractivity contribution in [1.82, 2.24) is 9.97 Å². The number of nitrogens with zero attached hydrogens (tertiary/aromatic N) is 2. The highest BCUT2D eigenvalue weighted by atomic mass is 16.5. The molecule has 0 saturated heterocycles. The Morgan fingerprint density at radius 1 is 1.00 bits per heavy atom. The Hall–Kier alpha value is -2.62. The monoisotopic (exact) mass is 265 g/mol. The smallest absolute Gasteiger partial charge is 0.128 e. The van der Waals surface area contributed by atoms with Gasteiger partial charge in [-0.25, -0.2) is 0 Å². The van der Waals surface area contributed by atoms with E-state index in [4.69, 9.17) is 10.5 Å². The summed E-state index contributed by atoms with van der Waals surface area (Å²) in [4.78, 5) is 8.29. The van der Waals surface area contributed by atoms with E-state index >= 15 is 0 Å². The van der Waals surface area contributed by atoms with Crippen molar-refractivity contribution in [2.24, 2.45) is 0 Å². The Labute approximate surface area is 117 Å². The van der Waals surface area contributed by atoms with Crippen molar-refractivity contribution in [2.75, 3.05) is 12.3 Å². The van der Waals surface area contributed by atoms with E-state index in [1.807, 2.05) is 36.4 Å². The van der Waals surface area contributed by atoms with Gasteiger partial charge in [-0.15, -0.1) is 0 Å². The highest BCUT2D eigenvalue weighted by Crippen LogP contribution is 2.28. The Morgan fingerprint density at radius 2 is 1.85 bits per heavy atom. The van der Waals surface area contributed by atoms with Crippen LogP contribution in [-0.4, -0.2) is 16.6 Å². The number of anilines is 1. The van der Waals surface area contributed by atoms with Gasteiger partial charge in [0.25, 0.3) is 0 Å². The molecular formula is C16H15N3O. The van der Waals surface area contributed by atoms with Gasteiger partial charge in [0, 0.05) is 30.4 Å². The summed E-state index contributed by atoms with van der Waals surface area (Å²) in [7, 11) is 0. The molecule has 0 bridgehead atoms. The number of nitrogens with two attached hydrogens (primary N) is 1. The summed E-state index contributed by atoms with van der Waals surface area (Å²) in [5, 5.41) is 0.947. The molecule has 3 rings (SSSR count). The van der Waals surface area contributed by atoms with Crippen molar-refractivity contribution in [3.63, 3.8) is 0 Å². The van der Waals surface area contributed by atoms with E-state index in [9.17, 15) is 0 Å². The molecule has 4 heteroatoms. The first-order valence-electron chi connectivity index (χ1n) is 6.49. The van der Waals surface area contributed by atoms with Crippen LogP contribution in [0.25, 0.3) is 10.9 Å². The third-order valence-electron chi connectivity index (χ3n) is 3.16. The van der Waals surface area contributed by atoms with Gasteiger partial charge < -0.3 is 10.5 Å². The van der Waals surface area contributed by atoms with Crippen LogP contribution in [0.5, 0.6) is 5.75 Å². The standard InChI is InChI=1S/C16H15N3O/c17-14-3-4-15(13-2-1-8-19-16(13)14)20-11-7-12-5-9-18-10-6-12/h1-6,8-10H,7,11,17H2. The summed E-state index contributed by atoms with van der Waals surface area (Å²) in [6.07, 6.45) is 6.16. The minimum absolute atomic E-state index is 0.609. The minimum Gasteiger partial charge on any atom is -0.493 e. The van der Waals surface area contributed by atoms with Crippen molar-refractivity contribution in [3.8, 4) is 5.75 Å². The number of hydrogen-bond donors (Lipinski definition) is 1. The van der Waals surface area contributed by atoms with E-state index in [1.54, 1.807) is 18.6 Å². The van der Waals surface area contributed by atoms with E-state index in [-0.39, 0.29) is 0 Å². The zero-order valence-electron chi connectivity index (χ0n) is 11.0. The first kappa shape index (κ1) is 12.4. The largest absolute Gasteiger partial charge is 0.493 e. The maximum Gasteiger partial charge on any atom is 0.128 e. The average molecular weight is 265 g/mol. The SMILES string of the molecule is Nc1ccc(OCCc2ccncc2)c2cccnc12. The van der Waals surface area contributed by atoms with Crippen LogP contribution in [0.4, 0.5) is 5.69 Å². The number of benzene rings is 1. The van der Waals surface area contributed by atoms with Gasteiger partial charge >= 0.3 is 0 Å². The molecule has 0 amide bonds. The third kappa shape index (κ3) is 2.54. The van der Waals surface area contributed by atoms with Crippen LogP contribution in [0.2, 0.25) is 0 Å². The van der Waals surface area contributed by atoms with Gasteiger partial charge in [-0.05, 0) is 42.0 Å². The zero-order chi connectivity index (χ0) is 13.8. The molecule has 2 aromatic heterocycles. The number of fused-ring (bicyclic) bond motifs is 1. The second kappa shape index (κ2) is 5.57. The van der Waals surface area contributed by atoms with Gasteiger partial charge in [-0.2, -0.15) is 0 Å². The molecule has 0 aliphatic rings. The van der Waals surface area contributed by atoms with Crippen LogP contribution >= 0.6 is 0 Å². The Kier molecular flexibility index (Phi) is 3.46. The second-order valence-corrected chi connectivity index (χ2v) is 4.51. The summed E-state index contributed by atoms with van der Waals surface area (Å²) >= 11 is 0. The molecule has 1 aromatic carbocycles. The molecule has 0 fully saturated rings. The third-order valence-corrected chi connectivity index (χ3v) is 3.16. The molecule has 100 valence electrons. The Balaban J connectivity index is 1.77. The summed E-state index contributed by atoms with van der Waals surface area (Å²) < 4.78 is 5.86. The summed E-state index contributed by atoms with van der Waals surface area (Å²) in [5.41, 5.74) is 8.58. The Bertz CT molecular complexity index is 713. The predicted octanol–water partition coefficient (Wildman–Crippen LogP) is 2.83. The van der Waals surface area contributed by atoms with Crippen LogP contribution in [0.1, 0.15) is 5.56 Å². The lowest BCUT2D eigenvalue weighted by molar-refractivity contribution is 0.325. The first-order chi connectivity index (χ1) is 9.84. The first-order valence-corrected chi connectivity index (χ1v) is 6.49. The summed E-state index contributed by atoms with van der Waals surface area (Å²) in [6, 6.07) is 11.6. The van der Waals surface area contributed by atoms with E-state index < -0.39 is 0 Å². The van der Waals surface area contributed by atoms with Crippen LogP contribution in [-0.2, 0) is 6.42 Å². The molecule has 4 nitrogen and oxygen atoms in total. The summed E-state index contributed by atoms with van der Waals surface area (Å²) in [5.74, 6) is 0.816. The van der Waals surface area contributed by atoms with Crippen LogP contribution < -0.4 is 10.5 Å². The number of nitrogen functional groups attached to an aromatic ring is 1. The lowest BCUT2D eigenvalue weighted by atomic mass is 10.1. The van der Waals surface area contributed by atoms with E-state index in [2.05, 4.69) is 9.97 Å². The molecule has 0 atom stereocenters. The van der Waals surface area contributed by atoms with E-state index in [1.165, 1.54) is 5.56 Å². The molecule has 2 heterocycles. The molecule has 0 radical (unpaired) electrons. The Morgan fingerprint density at radius 3 is 2.70 bits per heavy atom. The van der Waals surface area contributed by atoms with Crippen LogP contribution in [0, 0.1) is 0 Å². The van der Waals surface area contributed by atoms with Crippen LogP contribution in [0.3, 0.4) is 0 Å². The number of rotatable bonds is 4. The van der Waals surface area contributed by atoms with Crippen LogP contribution in [0.15, 0.2) is 55.0 Å². The highest BCUT2D eigenvalue weighted by molar-refractivity contribution is 5.93. The van der Waals surface area contributed by atoms with Crippen molar-refractivity contribution in [3.05, 3.63) is 60.6 Å². The fraction of sp³-hybridized carbons (Fsp3) is 0.125. The topological polar surface area (TPSA) is 61.0 Å². The molecule has 20 heavy (non-hydrogen) atoms. The van der Waals surface area contributed by atoms with Gasteiger partial charge in [0.1, 0.15) is 5.75 Å². The molecule has 2 N–H and O–H groups in total. The lowest BCUT2D eigenvalue weighted by Crippen LogP contribution is -2.02. The normalized spacial score (nSPS) is 10.6. The number of hydrogen-bond acceptors (Lipinski definition) is 4. The fourth-order valence-electron chi connectivity index (χ4n) is 2.12. The van der Waals surface area contributed by atoms with Crippen molar-refractivity contribution in [2.45, 2.75) is 6.42 Å². The van der Waals surface area contributed by atoms with Gasteiger partial charge in [-0.3, -0.25) is 9.97 Å². The predicted molar refractivity (Wildman–Crippen MR) is 79.6 cm³/mol. The summed E-state index contributed by atoms with van der Waals surface area (Å²) in [6.45, 7) is 0.609. The quantitative estimate of drug-likeness (QED) is 0.737. The maximum atomic E-state index is 5.92.